The van der Waals surface area contributed by atoms with Crippen molar-refractivity contribution in [1.29, 1.82) is 0 Å². The molecule has 2 aliphatic heterocycles. The maximum absolute atomic E-state index is 4.44. The summed E-state index contributed by atoms with van der Waals surface area (Å²) >= 11 is 0. The lowest BCUT2D eigenvalue weighted by Gasteiger charge is -2.16. The molecule has 0 aromatic carbocycles. The Bertz CT molecular complexity index is 587. The lowest BCUT2D eigenvalue weighted by molar-refractivity contribution is 0.298. The molecule has 0 saturated carbocycles. The maximum Gasteiger partial charge on any atom is 0.147 e. The van der Waals surface area contributed by atoms with Crippen molar-refractivity contribution in [2.45, 2.75) is 51.2 Å². The van der Waals surface area contributed by atoms with Crippen LogP contribution in [0, 0.1) is 0 Å². The van der Waals surface area contributed by atoms with Crippen molar-refractivity contribution in [3.63, 3.8) is 0 Å². The number of likely N-dealkylation sites (tertiary alicyclic amines) is 1. The van der Waals surface area contributed by atoms with Crippen LogP contribution in [0.1, 0.15) is 43.4 Å². The Kier molecular flexibility index (Phi) is 3.47. The minimum absolute atomic E-state index is 0.506. The molecule has 0 aliphatic carbocycles. The number of hydrogen-bond acceptors (Lipinski definition) is 4. The van der Waals surface area contributed by atoms with E-state index in [-0.39, 0.29) is 0 Å². The molecule has 2 aromatic heterocycles. The summed E-state index contributed by atoms with van der Waals surface area (Å²) in [5.41, 5.74) is 0. The van der Waals surface area contributed by atoms with Gasteiger partial charge in [-0.05, 0) is 25.3 Å². The Morgan fingerprint density at radius 3 is 3.05 bits per heavy atom. The van der Waals surface area contributed by atoms with E-state index in [1.165, 1.54) is 31.5 Å². The molecule has 4 rings (SSSR count). The molecule has 0 radical (unpaired) electrons. The largest absolute Gasteiger partial charge is 0.314 e. The molecule has 6 heteroatoms. The minimum atomic E-state index is 0.506. The molecular weight excluding hydrogens is 264 g/mol. The fourth-order valence-electron chi connectivity index (χ4n) is 3.53. The summed E-state index contributed by atoms with van der Waals surface area (Å²) in [6.07, 6.45) is 10.0. The molecule has 0 bridgehead atoms. The highest BCUT2D eigenvalue weighted by Gasteiger charge is 2.26. The van der Waals surface area contributed by atoms with Crippen molar-refractivity contribution in [3.8, 4) is 0 Å². The first-order chi connectivity index (χ1) is 10.4. The molecular formula is C15H22N6. The monoisotopic (exact) mass is 286 g/mol. The molecule has 1 fully saturated rings. The second-order valence-electron chi connectivity index (χ2n) is 6.16. The van der Waals surface area contributed by atoms with Gasteiger partial charge < -0.3 is 4.57 Å². The molecule has 1 unspecified atom stereocenters. The van der Waals surface area contributed by atoms with Gasteiger partial charge in [-0.25, -0.2) is 0 Å². The SMILES string of the molecule is c1cnn(C2CCN(Cc3nnc4n3CCCCC4)C2)c1. The standard InChI is InChI=1S/C15H22N6/c1-2-5-14-17-18-15(20(14)8-3-1)12-19-10-6-13(11-19)21-9-4-7-16-21/h4,7,9,13H,1-3,5-6,8,10-12H2. The highest BCUT2D eigenvalue weighted by molar-refractivity contribution is 4.99. The molecule has 4 heterocycles. The average molecular weight is 286 g/mol. The van der Waals surface area contributed by atoms with E-state index in [0.29, 0.717) is 6.04 Å². The fraction of sp³-hybridized carbons (Fsp3) is 0.667. The molecule has 21 heavy (non-hydrogen) atoms. The van der Waals surface area contributed by atoms with Gasteiger partial charge in [0.25, 0.3) is 0 Å². The molecule has 2 aromatic rings. The van der Waals surface area contributed by atoms with E-state index in [2.05, 4.69) is 35.6 Å². The van der Waals surface area contributed by atoms with Crippen LogP contribution < -0.4 is 0 Å². The minimum Gasteiger partial charge on any atom is -0.314 e. The second kappa shape index (κ2) is 5.60. The van der Waals surface area contributed by atoms with E-state index >= 15 is 0 Å². The summed E-state index contributed by atoms with van der Waals surface area (Å²) in [7, 11) is 0. The molecule has 1 atom stereocenters. The normalized spacial score (nSPS) is 23.1. The summed E-state index contributed by atoms with van der Waals surface area (Å²) < 4.78 is 4.44. The Morgan fingerprint density at radius 2 is 2.14 bits per heavy atom. The number of fused-ring (bicyclic) bond motifs is 1. The van der Waals surface area contributed by atoms with E-state index in [4.69, 9.17) is 0 Å². The van der Waals surface area contributed by atoms with Gasteiger partial charge in [-0.2, -0.15) is 5.10 Å². The summed E-state index contributed by atoms with van der Waals surface area (Å²) in [5.74, 6) is 2.33. The van der Waals surface area contributed by atoms with Gasteiger partial charge in [0, 0.05) is 38.4 Å². The first-order valence-electron chi connectivity index (χ1n) is 8.02. The van der Waals surface area contributed by atoms with E-state index in [9.17, 15) is 0 Å². The van der Waals surface area contributed by atoms with Crippen molar-refractivity contribution in [2.24, 2.45) is 0 Å². The van der Waals surface area contributed by atoms with Gasteiger partial charge in [0.15, 0.2) is 0 Å². The highest BCUT2D eigenvalue weighted by atomic mass is 15.3. The number of rotatable bonds is 3. The van der Waals surface area contributed by atoms with Crippen molar-refractivity contribution in [1.82, 2.24) is 29.4 Å². The van der Waals surface area contributed by atoms with Crippen LogP contribution in [-0.4, -0.2) is 42.5 Å². The Morgan fingerprint density at radius 1 is 1.14 bits per heavy atom. The predicted molar refractivity (Wildman–Crippen MR) is 78.7 cm³/mol. The molecule has 2 aliphatic rings. The number of aromatic nitrogens is 5. The van der Waals surface area contributed by atoms with E-state index in [1.54, 1.807) is 0 Å². The zero-order valence-electron chi connectivity index (χ0n) is 12.4. The topological polar surface area (TPSA) is 51.8 Å². The third-order valence-corrected chi connectivity index (χ3v) is 4.70. The van der Waals surface area contributed by atoms with Crippen LogP contribution in [0.25, 0.3) is 0 Å². The predicted octanol–water partition coefficient (Wildman–Crippen LogP) is 1.65. The molecule has 6 nitrogen and oxygen atoms in total. The van der Waals surface area contributed by atoms with Crippen LogP contribution >= 0.6 is 0 Å². The van der Waals surface area contributed by atoms with Gasteiger partial charge in [0.2, 0.25) is 0 Å². The molecule has 0 spiro atoms. The first-order valence-corrected chi connectivity index (χ1v) is 8.02. The van der Waals surface area contributed by atoms with Crippen LogP contribution in [0.4, 0.5) is 0 Å². The van der Waals surface area contributed by atoms with Gasteiger partial charge in [0.1, 0.15) is 11.6 Å². The molecule has 112 valence electrons. The summed E-state index contributed by atoms with van der Waals surface area (Å²) in [6.45, 7) is 4.19. The third kappa shape index (κ3) is 2.60. The maximum atomic E-state index is 4.44. The average Bonchev–Trinajstić information content (AvgIpc) is 3.19. The molecule has 0 amide bonds. The van der Waals surface area contributed by atoms with Gasteiger partial charge >= 0.3 is 0 Å². The number of aryl methyl sites for hydroxylation is 1. The van der Waals surface area contributed by atoms with Gasteiger partial charge in [0.05, 0.1) is 12.6 Å². The summed E-state index contributed by atoms with van der Waals surface area (Å²) in [5, 5.41) is 13.2. The molecule has 1 saturated heterocycles. The quantitative estimate of drug-likeness (QED) is 0.861. The highest BCUT2D eigenvalue weighted by Crippen LogP contribution is 2.23. The van der Waals surface area contributed by atoms with Crippen molar-refractivity contribution in [3.05, 3.63) is 30.1 Å². The van der Waals surface area contributed by atoms with Gasteiger partial charge in [-0.1, -0.05) is 6.42 Å². The van der Waals surface area contributed by atoms with Crippen LogP contribution in [0.2, 0.25) is 0 Å². The lowest BCUT2D eigenvalue weighted by atomic mass is 10.2. The zero-order chi connectivity index (χ0) is 14.1. The van der Waals surface area contributed by atoms with Crippen molar-refractivity contribution >= 4 is 0 Å². The fourth-order valence-corrected chi connectivity index (χ4v) is 3.53. The van der Waals surface area contributed by atoms with Crippen molar-refractivity contribution in [2.75, 3.05) is 13.1 Å². The Hall–Kier alpha value is -1.69. The van der Waals surface area contributed by atoms with Crippen LogP contribution in [-0.2, 0) is 19.5 Å². The van der Waals surface area contributed by atoms with Gasteiger partial charge in [-0.15, -0.1) is 10.2 Å². The van der Waals surface area contributed by atoms with Crippen LogP contribution in [0.15, 0.2) is 18.5 Å². The first kappa shape index (κ1) is 13.0. The Labute approximate surface area is 124 Å². The molecule has 0 N–H and O–H groups in total. The van der Waals surface area contributed by atoms with Crippen LogP contribution in [0.3, 0.4) is 0 Å². The summed E-state index contributed by atoms with van der Waals surface area (Å²) in [6, 6.07) is 2.51. The van der Waals surface area contributed by atoms with E-state index < -0.39 is 0 Å². The van der Waals surface area contributed by atoms with E-state index in [1.807, 2.05) is 12.3 Å². The smallest absolute Gasteiger partial charge is 0.147 e. The second-order valence-corrected chi connectivity index (χ2v) is 6.16. The van der Waals surface area contributed by atoms with Crippen molar-refractivity contribution < 1.29 is 0 Å². The number of nitrogens with zero attached hydrogens (tertiary/aromatic N) is 6. The van der Waals surface area contributed by atoms with Crippen LogP contribution in [0.5, 0.6) is 0 Å². The van der Waals surface area contributed by atoms with E-state index in [0.717, 1.165) is 38.4 Å². The summed E-state index contributed by atoms with van der Waals surface area (Å²) in [4.78, 5) is 2.48. The Balaban J connectivity index is 1.44. The third-order valence-electron chi connectivity index (χ3n) is 4.70. The lowest BCUT2D eigenvalue weighted by Crippen LogP contribution is -2.23. The zero-order valence-corrected chi connectivity index (χ0v) is 12.4. The number of hydrogen-bond donors (Lipinski definition) is 0. The van der Waals surface area contributed by atoms with Gasteiger partial charge in [-0.3, -0.25) is 9.58 Å².